The molecule has 3 heteroatoms. The van der Waals surface area contributed by atoms with Crippen LogP contribution in [0.1, 0.15) is 27.7 Å². The van der Waals surface area contributed by atoms with Crippen LogP contribution in [-0.2, 0) is 0 Å². The molecule has 0 aromatic carbocycles. The number of nitrogens with one attached hydrogen (secondary N) is 1. The maximum absolute atomic E-state index is 4.06. The van der Waals surface area contributed by atoms with Crippen LogP contribution in [0.15, 0.2) is 11.6 Å². The zero-order chi connectivity index (χ0) is 8.69. The van der Waals surface area contributed by atoms with E-state index in [1.807, 2.05) is 19.2 Å². The van der Waals surface area contributed by atoms with Crippen LogP contribution in [0.25, 0.3) is 0 Å². The molecule has 1 aromatic heterocycles. The number of thiazole rings is 1. The van der Waals surface area contributed by atoms with Gasteiger partial charge in [0.15, 0.2) is 5.13 Å². The van der Waals surface area contributed by atoms with Gasteiger partial charge < -0.3 is 5.32 Å². The van der Waals surface area contributed by atoms with Crippen molar-refractivity contribution in [3.8, 4) is 0 Å². The van der Waals surface area contributed by atoms with E-state index in [2.05, 4.69) is 24.1 Å². The van der Waals surface area contributed by atoms with Gasteiger partial charge in [-0.15, -0.1) is 11.3 Å². The van der Waals surface area contributed by atoms with Crippen molar-refractivity contribution in [2.75, 3.05) is 5.32 Å². The van der Waals surface area contributed by atoms with Crippen LogP contribution in [0.4, 0.5) is 5.13 Å². The molecule has 0 aliphatic heterocycles. The Morgan fingerprint density at radius 1 is 1.45 bits per heavy atom. The third kappa shape index (κ3) is 4.79. The van der Waals surface area contributed by atoms with Crippen molar-refractivity contribution in [1.82, 2.24) is 4.98 Å². The summed E-state index contributed by atoms with van der Waals surface area (Å²) in [5.41, 5.74) is 0. The molecule has 64 valence electrons. The number of aromatic nitrogens is 1. The lowest BCUT2D eigenvalue weighted by atomic mass is 10.4. The molecule has 0 unspecified atom stereocenters. The summed E-state index contributed by atoms with van der Waals surface area (Å²) in [5.74, 6) is 0. The van der Waals surface area contributed by atoms with Gasteiger partial charge in [0.25, 0.3) is 0 Å². The zero-order valence-electron chi connectivity index (χ0n) is 7.59. The fourth-order valence-corrected chi connectivity index (χ4v) is 1.22. The van der Waals surface area contributed by atoms with Crippen LogP contribution in [-0.4, -0.2) is 11.0 Å². The van der Waals surface area contributed by atoms with Crippen molar-refractivity contribution in [3.05, 3.63) is 11.6 Å². The van der Waals surface area contributed by atoms with Gasteiger partial charge in [-0.1, -0.05) is 13.8 Å². The molecule has 0 saturated carbocycles. The van der Waals surface area contributed by atoms with E-state index in [9.17, 15) is 0 Å². The largest absolute Gasteiger partial charge is 0.359 e. The van der Waals surface area contributed by atoms with Gasteiger partial charge in [0, 0.05) is 17.6 Å². The summed E-state index contributed by atoms with van der Waals surface area (Å²) in [7, 11) is 0. The molecule has 0 aliphatic rings. The van der Waals surface area contributed by atoms with Crippen molar-refractivity contribution in [2.24, 2.45) is 0 Å². The highest BCUT2D eigenvalue weighted by atomic mass is 32.1. The van der Waals surface area contributed by atoms with Crippen LogP contribution in [0.3, 0.4) is 0 Å². The SMILES string of the molecule is CC.CC(C)Nc1nccs1. The number of anilines is 1. The minimum Gasteiger partial charge on any atom is -0.359 e. The lowest BCUT2D eigenvalue weighted by Gasteiger charge is -2.03. The predicted molar refractivity (Wildman–Crippen MR) is 52.2 cm³/mol. The van der Waals surface area contributed by atoms with Crippen molar-refractivity contribution in [3.63, 3.8) is 0 Å². The second kappa shape index (κ2) is 6.16. The molecule has 0 aliphatic carbocycles. The molecule has 0 spiro atoms. The van der Waals surface area contributed by atoms with E-state index in [-0.39, 0.29) is 0 Å². The first kappa shape index (κ1) is 10.4. The first-order valence-corrected chi connectivity index (χ1v) is 4.83. The predicted octanol–water partition coefficient (Wildman–Crippen LogP) is 2.99. The highest BCUT2D eigenvalue weighted by molar-refractivity contribution is 7.13. The standard InChI is InChI=1S/C6H10N2S.C2H6/c1-5(2)8-6-7-3-4-9-6;1-2/h3-5H,1-2H3,(H,7,8);1-2H3. The second-order valence-electron chi connectivity index (χ2n) is 2.14. The molecule has 1 aromatic rings. The monoisotopic (exact) mass is 172 g/mol. The summed E-state index contributed by atoms with van der Waals surface area (Å²) in [6.45, 7) is 8.20. The molecular weight excluding hydrogens is 156 g/mol. The lowest BCUT2D eigenvalue weighted by molar-refractivity contribution is 0.896. The smallest absolute Gasteiger partial charge is 0.182 e. The number of hydrogen-bond donors (Lipinski definition) is 1. The van der Waals surface area contributed by atoms with Gasteiger partial charge in [-0.25, -0.2) is 4.98 Å². The first-order valence-electron chi connectivity index (χ1n) is 3.95. The average molecular weight is 172 g/mol. The Bertz CT molecular complexity index is 159. The molecule has 1 heterocycles. The fourth-order valence-electron chi connectivity index (χ4n) is 0.542. The van der Waals surface area contributed by atoms with Crippen LogP contribution in [0.2, 0.25) is 0 Å². The van der Waals surface area contributed by atoms with E-state index < -0.39 is 0 Å². The molecule has 0 bridgehead atoms. The van der Waals surface area contributed by atoms with Gasteiger partial charge >= 0.3 is 0 Å². The quantitative estimate of drug-likeness (QED) is 0.741. The molecular formula is C8H16N2S. The highest BCUT2D eigenvalue weighted by Gasteiger charge is 1.94. The van der Waals surface area contributed by atoms with Crippen molar-refractivity contribution in [2.45, 2.75) is 33.7 Å². The Morgan fingerprint density at radius 3 is 2.45 bits per heavy atom. The van der Waals surface area contributed by atoms with Crippen LogP contribution >= 0.6 is 11.3 Å². The molecule has 0 amide bonds. The van der Waals surface area contributed by atoms with E-state index in [4.69, 9.17) is 0 Å². The lowest BCUT2D eigenvalue weighted by Crippen LogP contribution is -2.08. The molecule has 2 nitrogen and oxygen atoms in total. The van der Waals surface area contributed by atoms with E-state index in [0.29, 0.717) is 6.04 Å². The molecule has 0 fully saturated rings. The van der Waals surface area contributed by atoms with Crippen LogP contribution < -0.4 is 5.32 Å². The Kier molecular flexibility index (Phi) is 5.84. The van der Waals surface area contributed by atoms with E-state index in [1.165, 1.54) is 0 Å². The minimum atomic E-state index is 0.483. The maximum atomic E-state index is 4.06. The maximum Gasteiger partial charge on any atom is 0.182 e. The second-order valence-corrected chi connectivity index (χ2v) is 3.03. The Morgan fingerprint density at radius 2 is 2.09 bits per heavy atom. The number of nitrogens with zero attached hydrogens (tertiary/aromatic N) is 1. The first-order chi connectivity index (χ1) is 5.29. The average Bonchev–Trinajstić information content (AvgIpc) is 2.43. The summed E-state index contributed by atoms with van der Waals surface area (Å²) >= 11 is 1.63. The van der Waals surface area contributed by atoms with Gasteiger partial charge in [-0.3, -0.25) is 0 Å². The summed E-state index contributed by atoms with van der Waals surface area (Å²) in [6, 6.07) is 0.483. The zero-order valence-corrected chi connectivity index (χ0v) is 8.40. The van der Waals surface area contributed by atoms with E-state index in [1.54, 1.807) is 17.5 Å². The third-order valence-electron chi connectivity index (χ3n) is 0.844. The van der Waals surface area contributed by atoms with Crippen LogP contribution in [0, 0.1) is 0 Å². The van der Waals surface area contributed by atoms with Gasteiger partial charge in [0.1, 0.15) is 0 Å². The van der Waals surface area contributed by atoms with Crippen molar-refractivity contribution in [1.29, 1.82) is 0 Å². The molecule has 1 rings (SSSR count). The summed E-state index contributed by atoms with van der Waals surface area (Å²) < 4.78 is 0. The molecule has 0 saturated heterocycles. The number of rotatable bonds is 2. The van der Waals surface area contributed by atoms with Crippen molar-refractivity contribution >= 4 is 16.5 Å². The van der Waals surface area contributed by atoms with Gasteiger partial charge in [0.2, 0.25) is 0 Å². The molecule has 11 heavy (non-hydrogen) atoms. The summed E-state index contributed by atoms with van der Waals surface area (Å²) in [4.78, 5) is 4.06. The van der Waals surface area contributed by atoms with E-state index in [0.717, 1.165) is 5.13 Å². The van der Waals surface area contributed by atoms with Crippen LogP contribution in [0.5, 0.6) is 0 Å². The topological polar surface area (TPSA) is 24.9 Å². The van der Waals surface area contributed by atoms with Gasteiger partial charge in [-0.05, 0) is 13.8 Å². The fraction of sp³-hybridized carbons (Fsp3) is 0.625. The highest BCUT2D eigenvalue weighted by Crippen LogP contribution is 2.10. The Hall–Kier alpha value is -0.570. The molecule has 0 atom stereocenters. The Labute approximate surface area is 72.7 Å². The van der Waals surface area contributed by atoms with Gasteiger partial charge in [-0.2, -0.15) is 0 Å². The van der Waals surface area contributed by atoms with E-state index >= 15 is 0 Å². The molecule has 1 N–H and O–H groups in total. The van der Waals surface area contributed by atoms with Crippen molar-refractivity contribution < 1.29 is 0 Å². The number of hydrogen-bond acceptors (Lipinski definition) is 3. The minimum absolute atomic E-state index is 0.483. The van der Waals surface area contributed by atoms with Gasteiger partial charge in [0.05, 0.1) is 0 Å². The summed E-state index contributed by atoms with van der Waals surface area (Å²) in [6.07, 6.45) is 1.80. The normalized spacial score (nSPS) is 8.82. The molecule has 0 radical (unpaired) electrons. The Balaban J connectivity index is 0.000000461. The third-order valence-corrected chi connectivity index (χ3v) is 1.55. The summed E-state index contributed by atoms with van der Waals surface area (Å²) in [5, 5.41) is 6.16.